The minimum Gasteiger partial charge on any atom is -0.368 e. The van der Waals surface area contributed by atoms with Crippen LogP contribution >= 0.6 is 24.0 Å². The first-order valence-corrected chi connectivity index (χ1v) is 9.16. The molecule has 1 aromatic rings. The number of aliphatic imine (C=N–C) groups is 1. The second-order valence-corrected chi connectivity index (χ2v) is 7.49. The van der Waals surface area contributed by atoms with Gasteiger partial charge in [-0.25, -0.2) is 4.39 Å². The summed E-state index contributed by atoms with van der Waals surface area (Å²) in [4.78, 5) is 9.16. The van der Waals surface area contributed by atoms with E-state index in [4.69, 9.17) is 0 Å². The van der Waals surface area contributed by atoms with Gasteiger partial charge in [0, 0.05) is 45.5 Å². The van der Waals surface area contributed by atoms with Crippen LogP contribution in [0.15, 0.2) is 29.3 Å². The van der Waals surface area contributed by atoms with E-state index in [2.05, 4.69) is 20.1 Å². The molecule has 1 heterocycles. The predicted molar refractivity (Wildman–Crippen MR) is 111 cm³/mol. The van der Waals surface area contributed by atoms with Gasteiger partial charge in [-0.05, 0) is 61.3 Å². The van der Waals surface area contributed by atoms with Crippen LogP contribution in [0.2, 0.25) is 0 Å². The van der Waals surface area contributed by atoms with Crippen molar-refractivity contribution in [1.29, 1.82) is 0 Å². The standard InChI is InChI=1S/C19H27FN4.HI/c1-21-18(22-14-19(8-9-19)15-2-3-15)24-12-10-23(11-13-24)17-6-4-16(20)5-7-17;/h4-7,15H,2-3,8-14H2,1H3,(H,21,22);1H. The molecular weight excluding hydrogens is 430 g/mol. The van der Waals surface area contributed by atoms with Crippen LogP contribution in [0, 0.1) is 17.2 Å². The molecule has 25 heavy (non-hydrogen) atoms. The van der Waals surface area contributed by atoms with E-state index in [-0.39, 0.29) is 29.8 Å². The number of halogens is 2. The number of hydrogen-bond donors (Lipinski definition) is 1. The van der Waals surface area contributed by atoms with Gasteiger partial charge in [-0.1, -0.05) is 0 Å². The quantitative estimate of drug-likeness (QED) is 0.427. The molecule has 1 saturated heterocycles. The van der Waals surface area contributed by atoms with Gasteiger partial charge < -0.3 is 15.1 Å². The van der Waals surface area contributed by atoms with Crippen LogP contribution in [-0.2, 0) is 0 Å². The minimum absolute atomic E-state index is 0. The molecule has 1 N–H and O–H groups in total. The molecule has 1 aliphatic heterocycles. The first-order valence-electron chi connectivity index (χ1n) is 9.16. The number of anilines is 1. The molecule has 1 aromatic carbocycles. The number of hydrogen-bond acceptors (Lipinski definition) is 2. The van der Waals surface area contributed by atoms with E-state index in [1.54, 1.807) is 0 Å². The Morgan fingerprint density at radius 3 is 2.32 bits per heavy atom. The maximum absolute atomic E-state index is 13.1. The van der Waals surface area contributed by atoms with Crippen molar-refractivity contribution in [3.8, 4) is 0 Å². The van der Waals surface area contributed by atoms with Gasteiger partial charge in [0.1, 0.15) is 5.82 Å². The maximum Gasteiger partial charge on any atom is 0.193 e. The Morgan fingerprint density at radius 2 is 1.80 bits per heavy atom. The van der Waals surface area contributed by atoms with Gasteiger partial charge in [-0.3, -0.25) is 4.99 Å². The van der Waals surface area contributed by atoms with Crippen molar-refractivity contribution >= 4 is 35.6 Å². The van der Waals surface area contributed by atoms with Crippen LogP contribution in [-0.4, -0.2) is 50.6 Å². The van der Waals surface area contributed by atoms with Crippen molar-refractivity contribution in [2.45, 2.75) is 25.7 Å². The average molecular weight is 458 g/mol. The van der Waals surface area contributed by atoms with Crippen LogP contribution in [0.5, 0.6) is 0 Å². The van der Waals surface area contributed by atoms with Gasteiger partial charge in [-0.2, -0.15) is 0 Å². The van der Waals surface area contributed by atoms with Crippen molar-refractivity contribution in [3.05, 3.63) is 30.1 Å². The van der Waals surface area contributed by atoms with Crippen molar-refractivity contribution in [2.24, 2.45) is 16.3 Å². The van der Waals surface area contributed by atoms with Gasteiger partial charge in [0.2, 0.25) is 0 Å². The summed E-state index contributed by atoms with van der Waals surface area (Å²) in [5.41, 5.74) is 1.69. The fourth-order valence-electron chi connectivity index (χ4n) is 4.00. The minimum atomic E-state index is -0.174. The lowest BCUT2D eigenvalue weighted by Crippen LogP contribution is -2.53. The first kappa shape index (κ1) is 18.7. The Hall–Kier alpha value is -1.05. The lowest BCUT2D eigenvalue weighted by atomic mass is 10.0. The van der Waals surface area contributed by atoms with Crippen molar-refractivity contribution in [1.82, 2.24) is 10.2 Å². The van der Waals surface area contributed by atoms with Crippen molar-refractivity contribution < 1.29 is 4.39 Å². The Morgan fingerprint density at radius 1 is 1.16 bits per heavy atom. The van der Waals surface area contributed by atoms with Gasteiger partial charge in [0.05, 0.1) is 0 Å². The third-order valence-corrected chi connectivity index (χ3v) is 5.92. The van der Waals surface area contributed by atoms with E-state index >= 15 is 0 Å². The zero-order valence-corrected chi connectivity index (χ0v) is 17.2. The molecule has 3 fully saturated rings. The molecule has 0 unspecified atom stereocenters. The number of nitrogens with zero attached hydrogens (tertiary/aromatic N) is 3. The normalized spacial score (nSPS) is 22.4. The maximum atomic E-state index is 13.1. The van der Waals surface area contributed by atoms with E-state index in [0.717, 1.165) is 50.3 Å². The van der Waals surface area contributed by atoms with Crippen LogP contribution < -0.4 is 10.2 Å². The molecular formula is C19H28FIN4. The summed E-state index contributed by atoms with van der Waals surface area (Å²) in [6.45, 7) is 4.88. The second kappa shape index (κ2) is 7.68. The molecule has 138 valence electrons. The largest absolute Gasteiger partial charge is 0.368 e. The van der Waals surface area contributed by atoms with Crippen LogP contribution in [0.1, 0.15) is 25.7 Å². The highest BCUT2D eigenvalue weighted by molar-refractivity contribution is 14.0. The summed E-state index contributed by atoms with van der Waals surface area (Å²) < 4.78 is 13.1. The van der Waals surface area contributed by atoms with E-state index in [0.29, 0.717) is 5.41 Å². The van der Waals surface area contributed by atoms with Crippen molar-refractivity contribution in [2.75, 3.05) is 44.7 Å². The highest BCUT2D eigenvalue weighted by atomic mass is 127. The molecule has 0 radical (unpaired) electrons. The molecule has 3 aliphatic rings. The van der Waals surface area contributed by atoms with Gasteiger partial charge in [-0.15, -0.1) is 24.0 Å². The monoisotopic (exact) mass is 458 g/mol. The summed E-state index contributed by atoms with van der Waals surface area (Å²) in [5, 5.41) is 3.63. The van der Waals surface area contributed by atoms with E-state index in [1.807, 2.05) is 19.2 Å². The molecule has 4 nitrogen and oxygen atoms in total. The molecule has 6 heteroatoms. The number of rotatable bonds is 4. The molecule has 0 bridgehead atoms. The Bertz CT molecular complexity index is 602. The summed E-state index contributed by atoms with van der Waals surface area (Å²) in [6.07, 6.45) is 5.63. The second-order valence-electron chi connectivity index (χ2n) is 7.49. The number of guanidine groups is 1. The topological polar surface area (TPSA) is 30.9 Å². The number of benzene rings is 1. The third-order valence-electron chi connectivity index (χ3n) is 5.92. The SMILES string of the molecule is CN=C(NCC1(C2CC2)CC1)N1CCN(c2ccc(F)cc2)CC1.I. The summed E-state index contributed by atoms with van der Waals surface area (Å²) >= 11 is 0. The van der Waals surface area contributed by atoms with Gasteiger partial charge in [0.15, 0.2) is 5.96 Å². The smallest absolute Gasteiger partial charge is 0.193 e. The Kier molecular flexibility index (Phi) is 5.75. The summed E-state index contributed by atoms with van der Waals surface area (Å²) in [6, 6.07) is 6.80. The molecule has 2 aliphatic carbocycles. The highest BCUT2D eigenvalue weighted by Gasteiger charge is 2.53. The Balaban J connectivity index is 0.00000182. The molecule has 0 atom stereocenters. The van der Waals surface area contributed by atoms with Crippen LogP contribution in [0.3, 0.4) is 0 Å². The lowest BCUT2D eigenvalue weighted by molar-refractivity contribution is 0.359. The number of piperazine rings is 1. The molecule has 0 amide bonds. The molecule has 0 aromatic heterocycles. The summed E-state index contributed by atoms with van der Waals surface area (Å²) in [5.74, 6) is 1.84. The van der Waals surface area contributed by atoms with E-state index in [9.17, 15) is 4.39 Å². The average Bonchev–Trinajstić information content (AvgIpc) is 3.50. The first-order chi connectivity index (χ1) is 11.7. The van der Waals surface area contributed by atoms with Crippen molar-refractivity contribution in [3.63, 3.8) is 0 Å². The van der Waals surface area contributed by atoms with Crippen LogP contribution in [0.4, 0.5) is 10.1 Å². The fourth-order valence-corrected chi connectivity index (χ4v) is 4.00. The third kappa shape index (κ3) is 4.20. The van der Waals surface area contributed by atoms with E-state index in [1.165, 1.54) is 37.8 Å². The number of nitrogens with one attached hydrogen (secondary N) is 1. The zero-order valence-electron chi connectivity index (χ0n) is 14.9. The fraction of sp³-hybridized carbons (Fsp3) is 0.632. The van der Waals surface area contributed by atoms with Crippen LogP contribution in [0.25, 0.3) is 0 Å². The van der Waals surface area contributed by atoms with Gasteiger partial charge in [0.25, 0.3) is 0 Å². The van der Waals surface area contributed by atoms with E-state index < -0.39 is 0 Å². The summed E-state index contributed by atoms with van der Waals surface area (Å²) in [7, 11) is 1.88. The Labute approximate surface area is 166 Å². The lowest BCUT2D eigenvalue weighted by Gasteiger charge is -2.38. The predicted octanol–water partition coefficient (Wildman–Crippen LogP) is 3.33. The molecule has 2 saturated carbocycles. The molecule has 0 spiro atoms. The highest BCUT2D eigenvalue weighted by Crippen LogP contribution is 2.60. The molecule has 4 rings (SSSR count). The van der Waals surface area contributed by atoms with Gasteiger partial charge >= 0.3 is 0 Å². The zero-order chi connectivity index (χ0) is 16.6.